The maximum atomic E-state index is 13.1. The summed E-state index contributed by atoms with van der Waals surface area (Å²) in [6, 6.07) is 18.1. The summed E-state index contributed by atoms with van der Waals surface area (Å²) >= 11 is 0. The van der Waals surface area contributed by atoms with Gasteiger partial charge in [-0.1, -0.05) is 41.1 Å². The fourth-order valence-electron chi connectivity index (χ4n) is 3.91. The second-order valence-electron chi connectivity index (χ2n) is 8.06. The van der Waals surface area contributed by atoms with Crippen LogP contribution in [0.3, 0.4) is 0 Å². The minimum Gasteiger partial charge on any atom is -0.454 e. The SMILES string of the molecule is Cc1ccc(-c2noc(-c3ccc4c(=O)n(Cc5ccc6c(c5)OCO6)c(=O)[nH]c4c3)n2)cc1. The molecule has 1 N–H and O–H groups in total. The van der Waals surface area contributed by atoms with Gasteiger partial charge < -0.3 is 19.0 Å². The Hall–Kier alpha value is -4.66. The Morgan fingerprint density at radius 1 is 0.941 bits per heavy atom. The van der Waals surface area contributed by atoms with Gasteiger partial charge in [-0.3, -0.25) is 9.36 Å². The molecular formula is C25H18N4O5. The number of aromatic amines is 1. The van der Waals surface area contributed by atoms with Crippen molar-refractivity contribution >= 4 is 10.9 Å². The van der Waals surface area contributed by atoms with E-state index in [0.717, 1.165) is 21.3 Å². The van der Waals surface area contributed by atoms with Gasteiger partial charge in [0.25, 0.3) is 11.4 Å². The summed E-state index contributed by atoms with van der Waals surface area (Å²) in [4.78, 5) is 33.1. The van der Waals surface area contributed by atoms with E-state index in [0.29, 0.717) is 39.7 Å². The van der Waals surface area contributed by atoms with Gasteiger partial charge in [0.2, 0.25) is 12.6 Å². The van der Waals surface area contributed by atoms with Gasteiger partial charge in [-0.25, -0.2) is 4.79 Å². The molecule has 168 valence electrons. The number of benzene rings is 3. The molecule has 0 saturated carbocycles. The Morgan fingerprint density at radius 3 is 2.59 bits per heavy atom. The van der Waals surface area contributed by atoms with Gasteiger partial charge in [-0.15, -0.1) is 0 Å². The molecule has 0 unspecified atom stereocenters. The molecule has 3 aromatic carbocycles. The summed E-state index contributed by atoms with van der Waals surface area (Å²) in [5.74, 6) is 1.99. The van der Waals surface area contributed by atoms with Gasteiger partial charge in [0.05, 0.1) is 17.4 Å². The Labute approximate surface area is 192 Å². The Morgan fingerprint density at radius 2 is 1.74 bits per heavy atom. The highest BCUT2D eigenvalue weighted by atomic mass is 16.7. The van der Waals surface area contributed by atoms with E-state index in [-0.39, 0.29) is 13.3 Å². The summed E-state index contributed by atoms with van der Waals surface area (Å²) in [5.41, 5.74) is 2.80. The molecule has 0 fully saturated rings. The Kier molecular flexibility index (Phi) is 4.54. The van der Waals surface area contributed by atoms with Crippen LogP contribution >= 0.6 is 0 Å². The van der Waals surface area contributed by atoms with Gasteiger partial charge in [0, 0.05) is 11.1 Å². The highest BCUT2D eigenvalue weighted by Crippen LogP contribution is 2.32. The quantitative estimate of drug-likeness (QED) is 0.442. The van der Waals surface area contributed by atoms with Crippen LogP contribution in [0.1, 0.15) is 11.1 Å². The molecule has 0 bridgehead atoms. The Bertz CT molecular complexity index is 1660. The normalized spacial score (nSPS) is 12.4. The first-order valence-corrected chi connectivity index (χ1v) is 10.6. The van der Waals surface area contributed by atoms with E-state index in [9.17, 15) is 9.59 Å². The molecular weight excluding hydrogens is 436 g/mol. The molecule has 34 heavy (non-hydrogen) atoms. The minimum absolute atomic E-state index is 0.103. The van der Waals surface area contributed by atoms with Crippen molar-refractivity contribution < 1.29 is 14.0 Å². The molecule has 0 spiro atoms. The Balaban J connectivity index is 1.34. The summed E-state index contributed by atoms with van der Waals surface area (Å²) in [5, 5.41) is 4.43. The highest BCUT2D eigenvalue weighted by molar-refractivity contribution is 5.82. The average Bonchev–Trinajstić information content (AvgIpc) is 3.51. The van der Waals surface area contributed by atoms with Crippen LogP contribution in [0.25, 0.3) is 33.7 Å². The van der Waals surface area contributed by atoms with E-state index < -0.39 is 11.2 Å². The average molecular weight is 454 g/mol. The van der Waals surface area contributed by atoms with Crippen LogP contribution in [0.15, 0.2) is 74.8 Å². The molecule has 0 saturated heterocycles. The van der Waals surface area contributed by atoms with E-state index in [1.165, 1.54) is 0 Å². The van der Waals surface area contributed by atoms with Crippen LogP contribution in [0.2, 0.25) is 0 Å². The topological polar surface area (TPSA) is 112 Å². The molecule has 6 rings (SSSR count). The first-order valence-electron chi connectivity index (χ1n) is 10.6. The van der Waals surface area contributed by atoms with Crippen molar-refractivity contribution in [1.82, 2.24) is 19.7 Å². The minimum atomic E-state index is -0.516. The fourth-order valence-corrected chi connectivity index (χ4v) is 3.91. The molecule has 9 nitrogen and oxygen atoms in total. The third kappa shape index (κ3) is 3.43. The lowest BCUT2D eigenvalue weighted by atomic mass is 10.1. The summed E-state index contributed by atoms with van der Waals surface area (Å²) in [6.07, 6.45) is 0. The monoisotopic (exact) mass is 454 g/mol. The second kappa shape index (κ2) is 7.73. The maximum Gasteiger partial charge on any atom is 0.329 e. The number of nitrogens with zero attached hydrogens (tertiary/aromatic N) is 3. The van der Waals surface area contributed by atoms with Crippen LogP contribution in [-0.4, -0.2) is 26.5 Å². The van der Waals surface area contributed by atoms with Gasteiger partial charge in [0.15, 0.2) is 11.5 Å². The number of aryl methyl sites for hydroxylation is 1. The van der Waals surface area contributed by atoms with Gasteiger partial charge in [-0.2, -0.15) is 4.98 Å². The van der Waals surface area contributed by atoms with Crippen LogP contribution in [-0.2, 0) is 6.54 Å². The zero-order valence-electron chi connectivity index (χ0n) is 18.1. The summed E-state index contributed by atoms with van der Waals surface area (Å²) < 4.78 is 17.3. The zero-order chi connectivity index (χ0) is 23.2. The van der Waals surface area contributed by atoms with Gasteiger partial charge in [-0.05, 0) is 42.8 Å². The number of ether oxygens (including phenoxy) is 2. The molecule has 9 heteroatoms. The molecule has 0 amide bonds. The number of hydrogen-bond donors (Lipinski definition) is 1. The largest absolute Gasteiger partial charge is 0.454 e. The molecule has 1 aliphatic heterocycles. The molecule has 3 heterocycles. The molecule has 0 atom stereocenters. The van der Waals surface area contributed by atoms with Crippen molar-refractivity contribution in [3.8, 4) is 34.3 Å². The number of hydrogen-bond acceptors (Lipinski definition) is 7. The fraction of sp³-hybridized carbons (Fsp3) is 0.120. The van der Waals surface area contributed by atoms with Crippen LogP contribution in [0, 0.1) is 6.92 Å². The molecule has 0 radical (unpaired) electrons. The lowest BCUT2D eigenvalue weighted by molar-refractivity contribution is 0.174. The number of aromatic nitrogens is 4. The lowest BCUT2D eigenvalue weighted by Gasteiger charge is -2.08. The molecule has 0 aliphatic carbocycles. The van der Waals surface area contributed by atoms with Crippen molar-refractivity contribution in [3.05, 3.63) is 92.6 Å². The highest BCUT2D eigenvalue weighted by Gasteiger charge is 2.16. The standard InChI is InChI=1S/C25H18N4O5/c1-14-2-5-16(6-3-14)22-27-23(34-28-22)17-7-8-18-19(11-17)26-25(31)29(24(18)30)12-15-4-9-20-21(10-15)33-13-32-20/h2-11H,12-13H2,1H3,(H,26,31). The number of fused-ring (bicyclic) bond motifs is 2. The van der Waals surface area contributed by atoms with Gasteiger partial charge >= 0.3 is 5.69 Å². The van der Waals surface area contributed by atoms with E-state index in [1.54, 1.807) is 36.4 Å². The van der Waals surface area contributed by atoms with E-state index >= 15 is 0 Å². The van der Waals surface area contributed by atoms with Gasteiger partial charge in [0.1, 0.15) is 0 Å². The smallest absolute Gasteiger partial charge is 0.329 e. The number of rotatable bonds is 4. The molecule has 1 aliphatic rings. The molecule has 5 aromatic rings. The summed E-state index contributed by atoms with van der Waals surface area (Å²) in [6.45, 7) is 2.26. The van der Waals surface area contributed by atoms with Crippen molar-refractivity contribution in [2.45, 2.75) is 13.5 Å². The second-order valence-corrected chi connectivity index (χ2v) is 8.06. The van der Waals surface area contributed by atoms with Crippen LogP contribution < -0.4 is 20.7 Å². The first-order chi connectivity index (χ1) is 16.5. The predicted molar refractivity (Wildman–Crippen MR) is 124 cm³/mol. The van der Waals surface area contributed by atoms with Crippen molar-refractivity contribution in [1.29, 1.82) is 0 Å². The summed E-state index contributed by atoms with van der Waals surface area (Å²) in [7, 11) is 0. The van der Waals surface area contributed by atoms with E-state index in [4.69, 9.17) is 14.0 Å². The van der Waals surface area contributed by atoms with E-state index in [1.807, 2.05) is 31.2 Å². The maximum absolute atomic E-state index is 13.1. The van der Waals surface area contributed by atoms with E-state index in [2.05, 4.69) is 15.1 Å². The zero-order valence-corrected chi connectivity index (χ0v) is 18.1. The van der Waals surface area contributed by atoms with Crippen LogP contribution in [0.5, 0.6) is 11.5 Å². The lowest BCUT2D eigenvalue weighted by Crippen LogP contribution is -2.35. The van der Waals surface area contributed by atoms with Crippen LogP contribution in [0.4, 0.5) is 0 Å². The number of nitrogens with one attached hydrogen (secondary N) is 1. The van der Waals surface area contributed by atoms with Crippen molar-refractivity contribution in [2.75, 3.05) is 6.79 Å². The number of H-pyrrole nitrogens is 1. The van der Waals surface area contributed by atoms with Crippen molar-refractivity contribution in [2.24, 2.45) is 0 Å². The third-order valence-corrected chi connectivity index (χ3v) is 5.74. The first kappa shape index (κ1) is 20.0. The third-order valence-electron chi connectivity index (χ3n) is 5.74. The predicted octanol–water partition coefficient (Wildman–Crippen LogP) is 3.49. The molecule has 2 aromatic heterocycles. The van der Waals surface area contributed by atoms with Crippen molar-refractivity contribution in [3.63, 3.8) is 0 Å².